The van der Waals surface area contributed by atoms with E-state index in [1.165, 1.54) is 7.11 Å². The van der Waals surface area contributed by atoms with E-state index in [9.17, 15) is 9.59 Å². The zero-order chi connectivity index (χ0) is 12.6. The van der Waals surface area contributed by atoms with Gasteiger partial charge < -0.3 is 10.1 Å². The Labute approximate surface area is 101 Å². The Morgan fingerprint density at radius 1 is 1.53 bits per heavy atom. The number of carbonyl (C=O) groups excluding carboxylic acids is 2. The quantitative estimate of drug-likeness (QED) is 0.720. The van der Waals surface area contributed by atoms with Crippen LogP contribution in [-0.4, -0.2) is 48.1 Å². The van der Waals surface area contributed by atoms with Crippen molar-refractivity contribution in [3.63, 3.8) is 0 Å². The van der Waals surface area contributed by atoms with Crippen molar-refractivity contribution in [2.45, 2.75) is 50.7 Å². The lowest BCUT2D eigenvalue weighted by Gasteiger charge is -2.47. The minimum atomic E-state index is -0.376. The highest BCUT2D eigenvalue weighted by Gasteiger charge is 2.48. The van der Waals surface area contributed by atoms with Crippen LogP contribution in [0.2, 0.25) is 0 Å². The van der Waals surface area contributed by atoms with Crippen molar-refractivity contribution in [2.24, 2.45) is 0 Å². The van der Waals surface area contributed by atoms with Crippen molar-refractivity contribution >= 4 is 11.9 Å². The molecule has 1 saturated carbocycles. The number of hydrogen-bond acceptors (Lipinski definition) is 4. The summed E-state index contributed by atoms with van der Waals surface area (Å²) in [5.74, 6) is -0.380. The molecule has 1 aliphatic heterocycles. The van der Waals surface area contributed by atoms with Crippen molar-refractivity contribution in [1.29, 1.82) is 0 Å². The SMILES string of the molecule is COC(=O)CC1C(=O)NCC(C)(C)N1C1CC1. The molecule has 2 rings (SSSR count). The van der Waals surface area contributed by atoms with Gasteiger partial charge in [-0.3, -0.25) is 14.5 Å². The average Bonchev–Trinajstić information content (AvgIpc) is 3.07. The van der Waals surface area contributed by atoms with Gasteiger partial charge in [-0.1, -0.05) is 0 Å². The first kappa shape index (κ1) is 12.4. The lowest BCUT2D eigenvalue weighted by Crippen LogP contribution is -2.66. The maximum Gasteiger partial charge on any atom is 0.307 e. The third-order valence-electron chi connectivity index (χ3n) is 3.56. The number of ether oxygens (including phenoxy) is 1. The van der Waals surface area contributed by atoms with Gasteiger partial charge in [-0.2, -0.15) is 0 Å². The van der Waals surface area contributed by atoms with Crippen LogP contribution in [0.3, 0.4) is 0 Å². The Morgan fingerprint density at radius 2 is 2.18 bits per heavy atom. The second-order valence-electron chi connectivity index (χ2n) is 5.46. The predicted octanol–water partition coefficient (Wildman–Crippen LogP) is 0.291. The van der Waals surface area contributed by atoms with Gasteiger partial charge in [-0.15, -0.1) is 0 Å². The highest BCUT2D eigenvalue weighted by molar-refractivity contribution is 5.87. The summed E-state index contributed by atoms with van der Waals surface area (Å²) in [5, 5.41) is 2.88. The minimum Gasteiger partial charge on any atom is -0.469 e. The van der Waals surface area contributed by atoms with E-state index in [4.69, 9.17) is 0 Å². The number of piperazine rings is 1. The van der Waals surface area contributed by atoms with Gasteiger partial charge in [0.1, 0.15) is 6.04 Å². The molecular formula is C12H20N2O3. The number of rotatable bonds is 3. The molecule has 1 atom stereocenters. The fraction of sp³-hybridized carbons (Fsp3) is 0.833. The second-order valence-corrected chi connectivity index (χ2v) is 5.46. The van der Waals surface area contributed by atoms with E-state index in [1.54, 1.807) is 0 Å². The summed E-state index contributed by atoms with van der Waals surface area (Å²) in [6.45, 7) is 4.85. The van der Waals surface area contributed by atoms with Crippen LogP contribution in [0.15, 0.2) is 0 Å². The minimum absolute atomic E-state index is 0.0541. The fourth-order valence-electron chi connectivity index (χ4n) is 2.59. The molecule has 5 heteroatoms. The summed E-state index contributed by atoms with van der Waals surface area (Å²) in [7, 11) is 1.36. The van der Waals surface area contributed by atoms with E-state index in [0.29, 0.717) is 12.6 Å². The lowest BCUT2D eigenvalue weighted by atomic mass is 9.94. The Bertz CT molecular complexity index is 337. The Morgan fingerprint density at radius 3 is 2.71 bits per heavy atom. The van der Waals surface area contributed by atoms with Crippen LogP contribution in [0, 0.1) is 0 Å². The van der Waals surface area contributed by atoms with Gasteiger partial charge in [0.25, 0.3) is 0 Å². The number of methoxy groups -OCH3 is 1. The number of nitrogens with zero attached hydrogens (tertiary/aromatic N) is 1. The van der Waals surface area contributed by atoms with E-state index in [-0.39, 0.29) is 29.9 Å². The van der Waals surface area contributed by atoms with Gasteiger partial charge in [-0.05, 0) is 26.7 Å². The molecule has 2 aliphatic rings. The maximum absolute atomic E-state index is 11.9. The fourth-order valence-corrected chi connectivity index (χ4v) is 2.59. The molecule has 5 nitrogen and oxygen atoms in total. The number of carbonyl (C=O) groups is 2. The third kappa shape index (κ3) is 2.44. The smallest absolute Gasteiger partial charge is 0.307 e. The summed E-state index contributed by atoms with van der Waals surface area (Å²) in [6.07, 6.45) is 2.38. The number of amides is 1. The molecule has 1 N–H and O–H groups in total. The van der Waals surface area contributed by atoms with Crippen LogP contribution in [-0.2, 0) is 14.3 Å². The molecule has 1 saturated heterocycles. The molecule has 1 amide bonds. The summed E-state index contributed by atoms with van der Waals surface area (Å²) >= 11 is 0. The Kier molecular flexibility index (Phi) is 3.12. The predicted molar refractivity (Wildman–Crippen MR) is 62.4 cm³/mol. The van der Waals surface area contributed by atoms with Crippen molar-refractivity contribution in [1.82, 2.24) is 10.2 Å². The van der Waals surface area contributed by atoms with Crippen LogP contribution < -0.4 is 5.32 Å². The topological polar surface area (TPSA) is 58.6 Å². The number of esters is 1. The van der Waals surface area contributed by atoms with Crippen LogP contribution in [0.5, 0.6) is 0 Å². The average molecular weight is 240 g/mol. The molecule has 17 heavy (non-hydrogen) atoms. The zero-order valence-corrected chi connectivity index (χ0v) is 10.7. The van der Waals surface area contributed by atoms with E-state index in [0.717, 1.165) is 12.8 Å². The van der Waals surface area contributed by atoms with Crippen molar-refractivity contribution in [2.75, 3.05) is 13.7 Å². The number of hydrogen-bond donors (Lipinski definition) is 1. The molecule has 0 spiro atoms. The molecule has 1 heterocycles. The van der Waals surface area contributed by atoms with Crippen LogP contribution in [0.4, 0.5) is 0 Å². The molecule has 0 radical (unpaired) electrons. The number of nitrogens with one attached hydrogen (secondary N) is 1. The van der Waals surface area contributed by atoms with E-state index in [2.05, 4.69) is 28.8 Å². The first-order valence-electron chi connectivity index (χ1n) is 6.08. The van der Waals surface area contributed by atoms with Crippen molar-refractivity contribution in [3.8, 4) is 0 Å². The highest BCUT2D eigenvalue weighted by atomic mass is 16.5. The zero-order valence-electron chi connectivity index (χ0n) is 10.7. The summed E-state index contributed by atoms with van der Waals surface area (Å²) in [5.41, 5.74) is -0.0895. The third-order valence-corrected chi connectivity index (χ3v) is 3.56. The molecule has 1 aliphatic carbocycles. The normalized spacial score (nSPS) is 28.6. The largest absolute Gasteiger partial charge is 0.469 e. The molecule has 2 fully saturated rings. The molecule has 0 aromatic heterocycles. The van der Waals surface area contributed by atoms with E-state index in [1.807, 2.05) is 0 Å². The monoisotopic (exact) mass is 240 g/mol. The van der Waals surface area contributed by atoms with Crippen molar-refractivity contribution < 1.29 is 14.3 Å². The highest BCUT2D eigenvalue weighted by Crippen LogP contribution is 2.37. The first-order chi connectivity index (χ1) is 7.95. The van der Waals surface area contributed by atoms with Gasteiger partial charge in [0.2, 0.25) is 5.91 Å². The molecule has 1 unspecified atom stereocenters. The second kappa shape index (κ2) is 4.29. The summed E-state index contributed by atoms with van der Waals surface area (Å²) in [6, 6.07) is 0.0735. The molecule has 0 aromatic carbocycles. The van der Waals surface area contributed by atoms with E-state index >= 15 is 0 Å². The van der Waals surface area contributed by atoms with Crippen LogP contribution in [0.25, 0.3) is 0 Å². The molecule has 0 bridgehead atoms. The summed E-state index contributed by atoms with van der Waals surface area (Å²) in [4.78, 5) is 25.5. The van der Waals surface area contributed by atoms with E-state index < -0.39 is 0 Å². The van der Waals surface area contributed by atoms with Gasteiger partial charge in [0.05, 0.1) is 13.5 Å². The lowest BCUT2D eigenvalue weighted by molar-refractivity contribution is -0.149. The summed E-state index contributed by atoms with van der Waals surface area (Å²) < 4.78 is 4.67. The molecule has 96 valence electrons. The maximum atomic E-state index is 11.9. The van der Waals surface area contributed by atoms with Gasteiger partial charge in [0, 0.05) is 18.1 Å². The standard InChI is InChI=1S/C12H20N2O3/c1-12(2)7-13-11(16)9(6-10(15)17-3)14(12)8-4-5-8/h8-9H,4-7H2,1-3H3,(H,13,16). The molecular weight excluding hydrogens is 220 g/mol. The van der Waals surface area contributed by atoms with Crippen LogP contribution in [0.1, 0.15) is 33.1 Å². The van der Waals surface area contributed by atoms with Crippen molar-refractivity contribution in [3.05, 3.63) is 0 Å². The van der Waals surface area contributed by atoms with Gasteiger partial charge >= 0.3 is 5.97 Å². The van der Waals surface area contributed by atoms with Crippen LogP contribution >= 0.6 is 0 Å². The Balaban J connectivity index is 2.17. The first-order valence-corrected chi connectivity index (χ1v) is 6.08. The molecule has 0 aromatic rings. The van der Waals surface area contributed by atoms with Gasteiger partial charge in [0.15, 0.2) is 0 Å². The van der Waals surface area contributed by atoms with Gasteiger partial charge in [-0.25, -0.2) is 0 Å². The Hall–Kier alpha value is -1.10.